The predicted molar refractivity (Wildman–Crippen MR) is 45.2 cm³/mol. The monoisotopic (exact) mass is 162 g/mol. The van der Waals surface area contributed by atoms with E-state index < -0.39 is 5.91 Å². The number of primary amides is 1. The molecule has 1 aromatic rings. The number of phenolic OH excluding ortho intramolecular Hbond substituents is 1. The molecule has 0 saturated heterocycles. The maximum atomic E-state index is 10.3. The number of amides is 1. The molecular formula is C9H8NO2. The number of phenols is 1. The summed E-state index contributed by atoms with van der Waals surface area (Å²) in [5.74, 6) is -0.469. The molecule has 0 bridgehead atoms. The molecule has 0 aliphatic heterocycles. The van der Waals surface area contributed by atoms with Crippen LogP contribution < -0.4 is 5.73 Å². The molecule has 1 amide bonds. The zero-order chi connectivity index (χ0) is 8.97. The molecule has 0 heterocycles. The standard InChI is InChI=1S/C9H8NO2/c10-9(12)5-4-7-2-1-3-8(11)6-7/h1-2,4-6,11H,(H2,10,12). The number of aromatic hydroxyl groups is 1. The van der Waals surface area contributed by atoms with Crippen LogP contribution in [0.25, 0.3) is 6.08 Å². The van der Waals surface area contributed by atoms with Crippen molar-refractivity contribution in [3.63, 3.8) is 0 Å². The number of hydrogen-bond acceptors (Lipinski definition) is 2. The van der Waals surface area contributed by atoms with Crippen molar-refractivity contribution >= 4 is 12.0 Å². The molecule has 0 aromatic heterocycles. The first-order chi connectivity index (χ1) is 5.68. The van der Waals surface area contributed by atoms with Crippen molar-refractivity contribution in [2.75, 3.05) is 0 Å². The number of benzene rings is 1. The first-order valence-electron chi connectivity index (χ1n) is 3.37. The molecule has 0 aliphatic carbocycles. The minimum Gasteiger partial charge on any atom is -0.507 e. The number of nitrogens with two attached hydrogens (primary N) is 1. The molecule has 1 aromatic carbocycles. The first kappa shape index (κ1) is 8.33. The normalized spacial score (nSPS) is 10.3. The molecule has 3 N–H and O–H groups in total. The van der Waals surface area contributed by atoms with Crippen LogP contribution in [-0.4, -0.2) is 11.0 Å². The van der Waals surface area contributed by atoms with E-state index in [0.717, 1.165) is 0 Å². The van der Waals surface area contributed by atoms with Crippen molar-refractivity contribution in [2.45, 2.75) is 0 Å². The minimum absolute atomic E-state index is 0.0432. The Hall–Kier alpha value is -1.77. The van der Waals surface area contributed by atoms with Gasteiger partial charge in [0.2, 0.25) is 5.91 Å². The summed E-state index contributed by atoms with van der Waals surface area (Å²) in [5.41, 5.74) is 5.60. The van der Waals surface area contributed by atoms with Gasteiger partial charge in [-0.2, -0.15) is 0 Å². The summed E-state index contributed by atoms with van der Waals surface area (Å²) in [6, 6.07) is 7.32. The maximum absolute atomic E-state index is 10.3. The number of rotatable bonds is 2. The Morgan fingerprint density at radius 3 is 3.00 bits per heavy atom. The molecule has 0 saturated carbocycles. The highest BCUT2D eigenvalue weighted by atomic mass is 16.3. The van der Waals surface area contributed by atoms with Gasteiger partial charge in [-0.25, -0.2) is 0 Å². The summed E-state index contributed by atoms with van der Waals surface area (Å²) >= 11 is 0. The Morgan fingerprint density at radius 2 is 2.42 bits per heavy atom. The molecule has 0 fully saturated rings. The van der Waals surface area contributed by atoms with E-state index in [9.17, 15) is 4.79 Å². The Kier molecular flexibility index (Phi) is 2.48. The van der Waals surface area contributed by atoms with Gasteiger partial charge in [-0.1, -0.05) is 6.07 Å². The predicted octanol–water partition coefficient (Wildman–Crippen LogP) is 0.691. The molecule has 61 valence electrons. The fourth-order valence-corrected chi connectivity index (χ4v) is 0.753. The Labute approximate surface area is 70.1 Å². The van der Waals surface area contributed by atoms with Crippen LogP contribution >= 0.6 is 0 Å². The fraction of sp³-hybridized carbons (Fsp3) is 0. The van der Waals surface area contributed by atoms with Crippen LogP contribution in [-0.2, 0) is 4.79 Å². The molecule has 1 radical (unpaired) electrons. The van der Waals surface area contributed by atoms with Crippen LogP contribution in [0.15, 0.2) is 24.3 Å². The van der Waals surface area contributed by atoms with E-state index in [2.05, 4.69) is 6.07 Å². The van der Waals surface area contributed by atoms with Gasteiger partial charge in [0.15, 0.2) is 0 Å². The average molecular weight is 162 g/mol. The number of hydrogen-bond donors (Lipinski definition) is 2. The molecule has 1 rings (SSSR count). The van der Waals surface area contributed by atoms with Crippen LogP contribution in [0.3, 0.4) is 0 Å². The molecule has 3 nitrogen and oxygen atoms in total. The van der Waals surface area contributed by atoms with E-state index in [1.807, 2.05) is 0 Å². The smallest absolute Gasteiger partial charge is 0.241 e. The lowest BCUT2D eigenvalue weighted by Crippen LogP contribution is -2.04. The third-order valence-electron chi connectivity index (χ3n) is 1.25. The van der Waals surface area contributed by atoms with Crippen molar-refractivity contribution in [2.24, 2.45) is 5.73 Å². The van der Waals surface area contributed by atoms with E-state index in [0.29, 0.717) is 5.56 Å². The van der Waals surface area contributed by atoms with E-state index >= 15 is 0 Å². The second kappa shape index (κ2) is 3.57. The highest BCUT2D eigenvalue weighted by Gasteiger charge is 1.90. The third kappa shape index (κ3) is 2.46. The summed E-state index contributed by atoms with van der Waals surface area (Å²) in [7, 11) is 0. The molecule has 12 heavy (non-hydrogen) atoms. The van der Waals surface area contributed by atoms with Crippen LogP contribution in [0.1, 0.15) is 5.56 Å². The van der Waals surface area contributed by atoms with Crippen LogP contribution in [0.2, 0.25) is 0 Å². The first-order valence-corrected chi connectivity index (χ1v) is 3.37. The Morgan fingerprint density at radius 1 is 1.67 bits per heavy atom. The van der Waals surface area contributed by atoms with E-state index in [-0.39, 0.29) is 5.75 Å². The fourth-order valence-electron chi connectivity index (χ4n) is 0.753. The van der Waals surface area contributed by atoms with Gasteiger partial charge in [-0.05, 0) is 23.8 Å². The molecule has 0 atom stereocenters. The average Bonchev–Trinajstić information content (AvgIpc) is 2.01. The van der Waals surface area contributed by atoms with Gasteiger partial charge in [0.1, 0.15) is 5.75 Å². The van der Waals surface area contributed by atoms with Gasteiger partial charge in [0, 0.05) is 12.1 Å². The van der Waals surface area contributed by atoms with E-state index in [4.69, 9.17) is 10.8 Å². The lowest BCUT2D eigenvalue weighted by molar-refractivity contribution is -0.113. The molecule has 0 unspecified atom stereocenters. The summed E-state index contributed by atoms with van der Waals surface area (Å²) in [6.07, 6.45) is 2.75. The topological polar surface area (TPSA) is 63.3 Å². The van der Waals surface area contributed by atoms with Crippen LogP contribution in [0, 0.1) is 6.07 Å². The van der Waals surface area contributed by atoms with Gasteiger partial charge in [0.05, 0.1) is 0 Å². The van der Waals surface area contributed by atoms with Gasteiger partial charge in [-0.15, -0.1) is 0 Å². The minimum atomic E-state index is -0.512. The lowest BCUT2D eigenvalue weighted by atomic mass is 10.2. The second-order valence-corrected chi connectivity index (χ2v) is 2.24. The molecule has 0 aliphatic rings. The summed E-state index contributed by atoms with van der Waals surface area (Å²) < 4.78 is 0. The zero-order valence-corrected chi connectivity index (χ0v) is 6.32. The van der Waals surface area contributed by atoms with Crippen molar-refractivity contribution in [3.8, 4) is 5.75 Å². The van der Waals surface area contributed by atoms with Crippen molar-refractivity contribution in [3.05, 3.63) is 35.9 Å². The molecular weight excluding hydrogens is 154 g/mol. The van der Waals surface area contributed by atoms with Crippen LogP contribution in [0.5, 0.6) is 5.75 Å². The zero-order valence-electron chi connectivity index (χ0n) is 6.32. The van der Waals surface area contributed by atoms with E-state index in [1.165, 1.54) is 18.2 Å². The number of carbonyl (C=O) groups is 1. The van der Waals surface area contributed by atoms with Crippen molar-refractivity contribution in [1.82, 2.24) is 0 Å². The van der Waals surface area contributed by atoms with E-state index in [1.54, 1.807) is 12.1 Å². The maximum Gasteiger partial charge on any atom is 0.241 e. The highest BCUT2D eigenvalue weighted by molar-refractivity contribution is 5.90. The molecule has 3 heteroatoms. The third-order valence-corrected chi connectivity index (χ3v) is 1.25. The van der Waals surface area contributed by atoms with Gasteiger partial charge in [-0.3, -0.25) is 4.79 Å². The van der Waals surface area contributed by atoms with Gasteiger partial charge in [0.25, 0.3) is 0 Å². The number of carbonyl (C=O) groups excluding carboxylic acids is 1. The Bertz CT molecular complexity index is 318. The summed E-state index contributed by atoms with van der Waals surface area (Å²) in [6.45, 7) is 0. The van der Waals surface area contributed by atoms with Crippen molar-refractivity contribution < 1.29 is 9.90 Å². The SMILES string of the molecule is NC(=O)C=Cc1cc[c]c(O)c1. The quantitative estimate of drug-likeness (QED) is 0.628. The lowest BCUT2D eigenvalue weighted by Gasteiger charge is -1.92. The van der Waals surface area contributed by atoms with Crippen LogP contribution in [0.4, 0.5) is 0 Å². The molecule has 0 spiro atoms. The van der Waals surface area contributed by atoms with Gasteiger partial charge >= 0.3 is 0 Å². The summed E-state index contributed by atoms with van der Waals surface area (Å²) in [4.78, 5) is 10.3. The largest absolute Gasteiger partial charge is 0.507 e. The van der Waals surface area contributed by atoms with Gasteiger partial charge < -0.3 is 10.8 Å². The Balaban J connectivity index is 2.83. The highest BCUT2D eigenvalue weighted by Crippen LogP contribution is 2.10. The van der Waals surface area contributed by atoms with Crippen molar-refractivity contribution in [1.29, 1.82) is 0 Å². The summed E-state index contributed by atoms with van der Waals surface area (Å²) in [5, 5.41) is 8.97. The second-order valence-electron chi connectivity index (χ2n) is 2.24.